The van der Waals surface area contributed by atoms with Crippen LogP contribution in [0.5, 0.6) is 17.2 Å². The highest BCUT2D eigenvalue weighted by molar-refractivity contribution is 5.89. The molecule has 1 aliphatic heterocycles. The van der Waals surface area contributed by atoms with Crippen LogP contribution in [0.1, 0.15) is 73.0 Å². The number of benzene rings is 2. The van der Waals surface area contributed by atoms with E-state index in [1.807, 2.05) is 12.1 Å². The first kappa shape index (κ1) is 26.0. The molecule has 0 N–H and O–H groups in total. The summed E-state index contributed by atoms with van der Waals surface area (Å²) in [6.07, 6.45) is 7.81. The van der Waals surface area contributed by atoms with Crippen molar-refractivity contribution in [3.05, 3.63) is 53.1 Å². The number of hydrogen-bond donors (Lipinski definition) is 0. The summed E-state index contributed by atoms with van der Waals surface area (Å²) in [6, 6.07) is 10.8. The Kier molecular flexibility index (Phi) is 6.94. The molecule has 7 rings (SSSR count). The van der Waals surface area contributed by atoms with E-state index in [2.05, 4.69) is 4.90 Å². The molecule has 0 radical (unpaired) electrons. The van der Waals surface area contributed by atoms with Crippen molar-refractivity contribution in [2.75, 3.05) is 34.0 Å². The SMILES string of the molecule is CCOC(=O)c1ccc(OCC2c3cc(OC)c(OC)cc3CCN2C(=O)C23CC4CC(CC(C4)C2)C3)cc1. The predicted octanol–water partition coefficient (Wildman–Crippen LogP) is 5.60. The van der Waals surface area contributed by atoms with E-state index in [0.717, 1.165) is 36.8 Å². The minimum atomic E-state index is -0.348. The number of carbonyl (C=O) groups is 2. The van der Waals surface area contributed by atoms with Crippen molar-refractivity contribution >= 4 is 11.9 Å². The lowest BCUT2D eigenvalue weighted by molar-refractivity contribution is -0.161. The Bertz CT molecular complexity index is 1200. The summed E-state index contributed by atoms with van der Waals surface area (Å²) < 4.78 is 22.6. The molecule has 7 nitrogen and oxygen atoms in total. The van der Waals surface area contributed by atoms with E-state index < -0.39 is 0 Å². The van der Waals surface area contributed by atoms with Crippen molar-refractivity contribution in [2.24, 2.45) is 23.2 Å². The molecule has 2 aromatic carbocycles. The average Bonchev–Trinajstić information content (AvgIpc) is 2.94. The van der Waals surface area contributed by atoms with E-state index in [-0.39, 0.29) is 17.4 Å². The maximum Gasteiger partial charge on any atom is 0.338 e. The molecule has 0 saturated heterocycles. The van der Waals surface area contributed by atoms with E-state index in [9.17, 15) is 9.59 Å². The van der Waals surface area contributed by atoms with Gasteiger partial charge in [-0.15, -0.1) is 0 Å². The molecule has 39 heavy (non-hydrogen) atoms. The lowest BCUT2D eigenvalue weighted by atomic mass is 9.49. The Morgan fingerprint density at radius 2 is 1.54 bits per heavy atom. The highest BCUT2D eigenvalue weighted by atomic mass is 16.5. The maximum absolute atomic E-state index is 14.5. The van der Waals surface area contributed by atoms with Gasteiger partial charge in [-0.05, 0) is 117 Å². The van der Waals surface area contributed by atoms with Gasteiger partial charge in [-0.1, -0.05) is 0 Å². The van der Waals surface area contributed by atoms with Crippen LogP contribution in [-0.4, -0.2) is 50.8 Å². The molecular formula is C32H39NO6. The lowest BCUT2D eigenvalue weighted by Crippen LogP contribution is -2.56. The molecule has 4 aliphatic carbocycles. The number of fused-ring (bicyclic) bond motifs is 1. The van der Waals surface area contributed by atoms with Crippen LogP contribution in [-0.2, 0) is 16.0 Å². The van der Waals surface area contributed by atoms with Gasteiger partial charge in [-0.3, -0.25) is 4.79 Å². The van der Waals surface area contributed by atoms with Crippen molar-refractivity contribution < 1.29 is 28.5 Å². The van der Waals surface area contributed by atoms with Crippen LogP contribution in [0.4, 0.5) is 0 Å². The number of esters is 1. The molecule has 7 heteroatoms. The third-order valence-electron chi connectivity index (χ3n) is 9.53. The molecule has 208 valence electrons. The van der Waals surface area contributed by atoms with Crippen LogP contribution in [0.2, 0.25) is 0 Å². The number of rotatable bonds is 8. The second kappa shape index (κ2) is 10.4. The van der Waals surface area contributed by atoms with Gasteiger partial charge in [0.1, 0.15) is 12.4 Å². The number of nitrogens with zero attached hydrogens (tertiary/aromatic N) is 1. The van der Waals surface area contributed by atoms with Gasteiger partial charge in [0.2, 0.25) is 5.91 Å². The minimum Gasteiger partial charge on any atom is -0.493 e. The molecule has 0 spiro atoms. The fraction of sp³-hybridized carbons (Fsp3) is 0.562. The number of ether oxygens (including phenoxy) is 4. The van der Waals surface area contributed by atoms with Gasteiger partial charge in [0.15, 0.2) is 11.5 Å². The van der Waals surface area contributed by atoms with E-state index in [4.69, 9.17) is 18.9 Å². The van der Waals surface area contributed by atoms with Crippen LogP contribution in [0.15, 0.2) is 36.4 Å². The molecule has 0 aromatic heterocycles. The summed E-state index contributed by atoms with van der Waals surface area (Å²) in [5, 5.41) is 0. The molecule has 2 aromatic rings. The molecule has 4 saturated carbocycles. The molecule has 4 bridgehead atoms. The van der Waals surface area contributed by atoms with E-state index in [1.54, 1.807) is 45.4 Å². The summed E-state index contributed by atoms with van der Waals surface area (Å²) >= 11 is 0. The Labute approximate surface area is 230 Å². The Morgan fingerprint density at radius 1 is 0.923 bits per heavy atom. The average molecular weight is 534 g/mol. The highest BCUT2D eigenvalue weighted by Crippen LogP contribution is 2.61. The summed E-state index contributed by atoms with van der Waals surface area (Å²) in [4.78, 5) is 28.7. The van der Waals surface area contributed by atoms with Crippen molar-refractivity contribution in [3.63, 3.8) is 0 Å². The number of carbonyl (C=O) groups excluding carboxylic acids is 2. The summed E-state index contributed by atoms with van der Waals surface area (Å²) in [6.45, 7) is 3.11. The van der Waals surface area contributed by atoms with E-state index in [0.29, 0.717) is 66.2 Å². The van der Waals surface area contributed by atoms with Gasteiger partial charge in [-0.25, -0.2) is 4.79 Å². The molecule has 5 aliphatic rings. The lowest BCUT2D eigenvalue weighted by Gasteiger charge is -2.57. The summed E-state index contributed by atoms with van der Waals surface area (Å²) in [5.41, 5.74) is 2.48. The number of methoxy groups -OCH3 is 2. The van der Waals surface area contributed by atoms with Crippen molar-refractivity contribution in [3.8, 4) is 17.2 Å². The second-order valence-electron chi connectivity index (χ2n) is 11.9. The monoisotopic (exact) mass is 533 g/mol. The topological polar surface area (TPSA) is 74.3 Å². The van der Waals surface area contributed by atoms with Gasteiger partial charge >= 0.3 is 5.97 Å². The molecule has 1 heterocycles. The Hall–Kier alpha value is -3.22. The van der Waals surface area contributed by atoms with Gasteiger partial charge < -0.3 is 23.8 Å². The molecular weight excluding hydrogens is 494 g/mol. The Balaban J connectivity index is 1.29. The van der Waals surface area contributed by atoms with Crippen LogP contribution in [0.25, 0.3) is 0 Å². The highest BCUT2D eigenvalue weighted by Gasteiger charge is 2.56. The first-order valence-corrected chi connectivity index (χ1v) is 14.4. The molecule has 1 amide bonds. The standard InChI is InChI=1S/C32H39NO6/c1-4-38-30(34)23-5-7-25(8-6-23)39-19-27-26-15-29(37-3)28(36-2)14-24(26)9-10-33(27)31(35)32-16-20-11-21(17-32)13-22(12-20)18-32/h5-8,14-15,20-22,27H,4,9-13,16-19H2,1-3H3. The summed E-state index contributed by atoms with van der Waals surface area (Å²) in [7, 11) is 3.29. The van der Waals surface area contributed by atoms with E-state index in [1.165, 1.54) is 19.3 Å². The smallest absolute Gasteiger partial charge is 0.338 e. The molecule has 4 fully saturated rings. The zero-order valence-corrected chi connectivity index (χ0v) is 23.2. The quantitative estimate of drug-likeness (QED) is 0.411. The zero-order valence-electron chi connectivity index (χ0n) is 23.2. The maximum atomic E-state index is 14.5. The zero-order chi connectivity index (χ0) is 27.1. The predicted molar refractivity (Wildman–Crippen MR) is 146 cm³/mol. The number of amides is 1. The molecule has 1 unspecified atom stereocenters. The molecule has 1 atom stereocenters. The van der Waals surface area contributed by atoms with Gasteiger partial charge in [0, 0.05) is 6.54 Å². The van der Waals surface area contributed by atoms with Crippen LogP contribution in [0, 0.1) is 23.2 Å². The first-order valence-electron chi connectivity index (χ1n) is 14.4. The van der Waals surface area contributed by atoms with Crippen LogP contribution >= 0.6 is 0 Å². The Morgan fingerprint density at radius 3 is 2.13 bits per heavy atom. The van der Waals surface area contributed by atoms with Crippen molar-refractivity contribution in [2.45, 2.75) is 57.9 Å². The third-order valence-corrected chi connectivity index (χ3v) is 9.53. The van der Waals surface area contributed by atoms with Crippen LogP contribution in [0.3, 0.4) is 0 Å². The first-order chi connectivity index (χ1) is 18.9. The normalized spacial score (nSPS) is 28.5. The fourth-order valence-corrected chi connectivity index (χ4v) is 8.21. The third kappa shape index (κ3) is 4.74. The fourth-order valence-electron chi connectivity index (χ4n) is 8.21. The minimum absolute atomic E-state index is 0.220. The second-order valence-corrected chi connectivity index (χ2v) is 11.9. The largest absolute Gasteiger partial charge is 0.493 e. The van der Waals surface area contributed by atoms with Crippen LogP contribution < -0.4 is 14.2 Å². The van der Waals surface area contributed by atoms with Crippen molar-refractivity contribution in [1.29, 1.82) is 0 Å². The van der Waals surface area contributed by atoms with Gasteiger partial charge in [0.05, 0.1) is 37.8 Å². The van der Waals surface area contributed by atoms with Gasteiger partial charge in [0.25, 0.3) is 0 Å². The van der Waals surface area contributed by atoms with E-state index >= 15 is 0 Å². The van der Waals surface area contributed by atoms with Gasteiger partial charge in [-0.2, -0.15) is 0 Å². The number of hydrogen-bond acceptors (Lipinski definition) is 6. The summed E-state index contributed by atoms with van der Waals surface area (Å²) in [5.74, 6) is 4.08. The van der Waals surface area contributed by atoms with Crippen molar-refractivity contribution in [1.82, 2.24) is 4.90 Å².